The highest BCUT2D eigenvalue weighted by Crippen LogP contribution is 2.36. The highest BCUT2D eigenvalue weighted by molar-refractivity contribution is 14.0. The molecule has 2 N–H and O–H groups in total. The van der Waals surface area contributed by atoms with E-state index in [0.29, 0.717) is 30.4 Å². The summed E-state index contributed by atoms with van der Waals surface area (Å²) in [6.07, 6.45) is 4.38. The molecule has 6 nitrogen and oxygen atoms in total. The molecule has 1 unspecified atom stereocenters. The van der Waals surface area contributed by atoms with Crippen molar-refractivity contribution >= 4 is 41.7 Å². The molecule has 1 aromatic rings. The summed E-state index contributed by atoms with van der Waals surface area (Å²) in [4.78, 5) is 8.58. The fourth-order valence-electron chi connectivity index (χ4n) is 2.48. The number of aromatic nitrogens is 1. The van der Waals surface area contributed by atoms with Gasteiger partial charge in [0, 0.05) is 44.3 Å². The Balaban J connectivity index is 0.00000312. The lowest BCUT2D eigenvalue weighted by molar-refractivity contribution is 0.143. The van der Waals surface area contributed by atoms with Gasteiger partial charge in [-0.2, -0.15) is 11.8 Å². The Morgan fingerprint density at radius 2 is 2.20 bits per heavy atom. The minimum atomic E-state index is 0. The molecule has 2 heterocycles. The maximum atomic E-state index is 5.46. The van der Waals surface area contributed by atoms with Gasteiger partial charge in [-0.05, 0) is 31.1 Å². The molecule has 0 bridgehead atoms. The first-order chi connectivity index (χ1) is 11.6. The number of guanidine groups is 1. The summed E-state index contributed by atoms with van der Waals surface area (Å²) in [5, 5.41) is 6.75. The van der Waals surface area contributed by atoms with E-state index in [0.717, 1.165) is 18.1 Å². The molecule has 0 aliphatic carbocycles. The summed E-state index contributed by atoms with van der Waals surface area (Å²) in [5.74, 6) is 2.70. The number of thioether (sulfide) groups is 1. The lowest BCUT2D eigenvalue weighted by Crippen LogP contribution is -2.43. The van der Waals surface area contributed by atoms with Crippen LogP contribution in [0.2, 0.25) is 0 Å². The van der Waals surface area contributed by atoms with Gasteiger partial charge >= 0.3 is 0 Å². The topological polar surface area (TPSA) is 67.8 Å². The molecule has 1 atom stereocenters. The number of aliphatic imine (C=N–C) groups is 1. The number of hydrogen-bond acceptors (Lipinski definition) is 5. The van der Waals surface area contributed by atoms with Crippen molar-refractivity contribution in [3.8, 4) is 5.88 Å². The van der Waals surface area contributed by atoms with E-state index in [1.807, 2.05) is 30.1 Å². The van der Waals surface area contributed by atoms with Gasteiger partial charge in [-0.25, -0.2) is 4.98 Å². The Hall–Kier alpha value is -0.740. The van der Waals surface area contributed by atoms with Gasteiger partial charge in [0.15, 0.2) is 5.96 Å². The van der Waals surface area contributed by atoms with Crippen LogP contribution in [-0.2, 0) is 11.3 Å². The van der Waals surface area contributed by atoms with Crippen LogP contribution in [0.1, 0.15) is 25.3 Å². The molecule has 2 rings (SSSR count). The number of hydrogen-bond donors (Lipinski definition) is 2. The second kappa shape index (κ2) is 11.8. The van der Waals surface area contributed by atoms with Gasteiger partial charge < -0.3 is 20.1 Å². The summed E-state index contributed by atoms with van der Waals surface area (Å²) in [6.45, 7) is 4.99. The zero-order valence-electron chi connectivity index (χ0n) is 15.2. The van der Waals surface area contributed by atoms with Crippen molar-refractivity contribution in [2.45, 2.75) is 31.1 Å². The van der Waals surface area contributed by atoms with Gasteiger partial charge in [0.05, 0.1) is 6.61 Å². The SMILES string of the molecule is CN=C(NCc1ccc(OCCOC)nc1)NCC1(C)CCCS1.I. The third-order valence-corrected chi connectivity index (χ3v) is 5.49. The molecule has 0 amide bonds. The van der Waals surface area contributed by atoms with Gasteiger partial charge in [0.1, 0.15) is 6.61 Å². The lowest BCUT2D eigenvalue weighted by Gasteiger charge is -2.24. The molecule has 8 heteroatoms. The second-order valence-corrected chi connectivity index (χ2v) is 7.71. The second-order valence-electron chi connectivity index (χ2n) is 6.03. The minimum absolute atomic E-state index is 0. The van der Waals surface area contributed by atoms with E-state index in [9.17, 15) is 0 Å². The maximum absolute atomic E-state index is 5.46. The number of rotatable bonds is 8. The summed E-state index contributed by atoms with van der Waals surface area (Å²) >= 11 is 2.04. The predicted molar refractivity (Wildman–Crippen MR) is 115 cm³/mol. The van der Waals surface area contributed by atoms with Crippen molar-refractivity contribution in [1.29, 1.82) is 0 Å². The van der Waals surface area contributed by atoms with Crippen molar-refractivity contribution in [3.63, 3.8) is 0 Å². The summed E-state index contributed by atoms with van der Waals surface area (Å²) in [7, 11) is 3.45. The van der Waals surface area contributed by atoms with Crippen LogP contribution in [-0.4, -0.2) is 55.4 Å². The smallest absolute Gasteiger partial charge is 0.213 e. The number of ether oxygens (including phenoxy) is 2. The van der Waals surface area contributed by atoms with Gasteiger partial charge in [0.25, 0.3) is 0 Å². The van der Waals surface area contributed by atoms with Crippen molar-refractivity contribution in [2.24, 2.45) is 4.99 Å². The van der Waals surface area contributed by atoms with E-state index in [1.54, 1.807) is 14.2 Å². The molecule has 0 aromatic carbocycles. The zero-order valence-corrected chi connectivity index (χ0v) is 18.4. The third-order valence-electron chi connectivity index (χ3n) is 3.95. The zero-order chi connectivity index (χ0) is 17.3. The fraction of sp³-hybridized carbons (Fsp3) is 0.647. The molecule has 0 radical (unpaired) electrons. The number of pyridine rings is 1. The highest BCUT2D eigenvalue weighted by Gasteiger charge is 2.29. The molecular formula is C17H29IN4O2S. The Morgan fingerprint density at radius 1 is 1.36 bits per heavy atom. The summed E-state index contributed by atoms with van der Waals surface area (Å²) in [5.41, 5.74) is 1.08. The van der Waals surface area contributed by atoms with E-state index in [-0.39, 0.29) is 24.0 Å². The Labute approximate surface area is 172 Å². The van der Waals surface area contributed by atoms with E-state index < -0.39 is 0 Å². The van der Waals surface area contributed by atoms with Crippen molar-refractivity contribution in [3.05, 3.63) is 23.9 Å². The fourth-order valence-corrected chi connectivity index (χ4v) is 3.73. The van der Waals surface area contributed by atoms with Crippen LogP contribution in [0, 0.1) is 0 Å². The predicted octanol–water partition coefficient (Wildman–Crippen LogP) is 2.68. The van der Waals surface area contributed by atoms with E-state index in [2.05, 4.69) is 27.5 Å². The number of nitrogens with one attached hydrogen (secondary N) is 2. The first-order valence-corrected chi connectivity index (χ1v) is 9.29. The Morgan fingerprint density at radius 3 is 2.80 bits per heavy atom. The first-order valence-electron chi connectivity index (χ1n) is 8.30. The molecule has 1 aromatic heterocycles. The van der Waals surface area contributed by atoms with Gasteiger partial charge in [-0.15, -0.1) is 24.0 Å². The minimum Gasteiger partial charge on any atom is -0.475 e. The molecular weight excluding hydrogens is 451 g/mol. The van der Waals surface area contributed by atoms with Gasteiger partial charge in [0.2, 0.25) is 5.88 Å². The van der Waals surface area contributed by atoms with Crippen molar-refractivity contribution in [1.82, 2.24) is 15.6 Å². The van der Waals surface area contributed by atoms with Crippen molar-refractivity contribution in [2.75, 3.05) is 39.7 Å². The standard InChI is InChI=1S/C17H28N4O2S.HI/c1-17(7-4-10-24-17)13-21-16(18-2)20-12-14-5-6-15(19-11-14)23-9-8-22-3;/h5-6,11H,4,7-10,12-13H2,1-3H3,(H2,18,20,21);1H. The first kappa shape index (κ1) is 22.3. The van der Waals surface area contributed by atoms with Crippen LogP contribution >= 0.6 is 35.7 Å². The number of nitrogens with zero attached hydrogens (tertiary/aromatic N) is 2. The molecule has 0 saturated carbocycles. The molecule has 142 valence electrons. The highest BCUT2D eigenvalue weighted by atomic mass is 127. The summed E-state index contributed by atoms with van der Waals surface area (Å²) < 4.78 is 10.7. The van der Waals surface area contributed by atoms with E-state index in [1.165, 1.54) is 18.6 Å². The van der Waals surface area contributed by atoms with Gasteiger partial charge in [-0.3, -0.25) is 4.99 Å². The molecule has 1 aliphatic rings. The van der Waals surface area contributed by atoms with Gasteiger partial charge in [-0.1, -0.05) is 6.07 Å². The van der Waals surface area contributed by atoms with Crippen LogP contribution in [0.5, 0.6) is 5.88 Å². The lowest BCUT2D eigenvalue weighted by atomic mass is 10.1. The van der Waals surface area contributed by atoms with Crippen LogP contribution in [0.25, 0.3) is 0 Å². The average molecular weight is 480 g/mol. The molecule has 1 aliphatic heterocycles. The largest absolute Gasteiger partial charge is 0.475 e. The van der Waals surface area contributed by atoms with Crippen LogP contribution in [0.3, 0.4) is 0 Å². The van der Waals surface area contributed by atoms with Crippen molar-refractivity contribution < 1.29 is 9.47 Å². The Kier molecular flexibility index (Phi) is 10.5. The van der Waals surface area contributed by atoms with Crippen LogP contribution in [0.15, 0.2) is 23.3 Å². The average Bonchev–Trinajstić information content (AvgIpc) is 3.03. The summed E-state index contributed by atoms with van der Waals surface area (Å²) in [6, 6.07) is 3.88. The number of methoxy groups -OCH3 is 1. The molecule has 25 heavy (non-hydrogen) atoms. The van der Waals surface area contributed by atoms with E-state index >= 15 is 0 Å². The third kappa shape index (κ3) is 8.00. The normalized spacial score (nSPS) is 20.0. The van der Waals surface area contributed by atoms with Crippen LogP contribution in [0.4, 0.5) is 0 Å². The number of halogens is 1. The van der Waals surface area contributed by atoms with E-state index in [4.69, 9.17) is 9.47 Å². The molecule has 1 fully saturated rings. The Bertz CT molecular complexity index is 522. The molecule has 0 spiro atoms. The monoisotopic (exact) mass is 480 g/mol. The van der Waals surface area contributed by atoms with Crippen LogP contribution < -0.4 is 15.4 Å². The maximum Gasteiger partial charge on any atom is 0.213 e. The molecule has 1 saturated heterocycles. The quantitative estimate of drug-likeness (QED) is 0.258.